The molecule has 1 saturated heterocycles. The van der Waals surface area contributed by atoms with Crippen molar-refractivity contribution in [2.45, 2.75) is 51.2 Å². The van der Waals surface area contributed by atoms with Gasteiger partial charge in [0.25, 0.3) is 0 Å². The number of nitrogens with zero attached hydrogens (tertiary/aromatic N) is 2. The van der Waals surface area contributed by atoms with Gasteiger partial charge in [-0.3, -0.25) is 4.68 Å². The molecule has 2 unspecified atom stereocenters. The van der Waals surface area contributed by atoms with Gasteiger partial charge in [0.05, 0.1) is 28.1 Å². The predicted octanol–water partition coefficient (Wildman–Crippen LogP) is 2.24. The van der Waals surface area contributed by atoms with Gasteiger partial charge in [-0.1, -0.05) is 11.6 Å². The molecular weight excluding hydrogens is 252 g/mol. The van der Waals surface area contributed by atoms with Gasteiger partial charge in [0.2, 0.25) is 0 Å². The van der Waals surface area contributed by atoms with Crippen LogP contribution >= 0.6 is 11.6 Å². The normalized spacial score (nSPS) is 26.3. The summed E-state index contributed by atoms with van der Waals surface area (Å²) in [5.41, 5.74) is 1.22. The van der Waals surface area contributed by atoms with Gasteiger partial charge in [-0.15, -0.1) is 0 Å². The number of aromatic nitrogens is 2. The molecule has 0 amide bonds. The Morgan fingerprint density at radius 3 is 2.78 bits per heavy atom. The summed E-state index contributed by atoms with van der Waals surface area (Å²) < 4.78 is 7.51. The second-order valence-corrected chi connectivity index (χ2v) is 5.69. The highest BCUT2D eigenvalue weighted by Crippen LogP contribution is 2.31. The standard InChI is InChI=1S/C13H21ClN2O2/c1-9-12(14)10(16(3)15-9)8-11(17)13(2)6-4-5-7-18-13/h11,17H,4-8H2,1-3H3. The largest absolute Gasteiger partial charge is 0.390 e. The third-order valence-corrected chi connectivity index (χ3v) is 4.34. The maximum atomic E-state index is 10.4. The summed E-state index contributed by atoms with van der Waals surface area (Å²) in [6.45, 7) is 4.58. The van der Waals surface area contributed by atoms with Crippen LogP contribution in [0.2, 0.25) is 5.02 Å². The fraction of sp³-hybridized carbons (Fsp3) is 0.769. The van der Waals surface area contributed by atoms with E-state index in [2.05, 4.69) is 5.10 Å². The summed E-state index contributed by atoms with van der Waals surface area (Å²) in [4.78, 5) is 0. The van der Waals surface area contributed by atoms with Crippen LogP contribution in [-0.2, 0) is 18.2 Å². The highest BCUT2D eigenvalue weighted by atomic mass is 35.5. The number of ether oxygens (including phenoxy) is 1. The quantitative estimate of drug-likeness (QED) is 0.918. The topological polar surface area (TPSA) is 47.3 Å². The van der Waals surface area contributed by atoms with E-state index < -0.39 is 11.7 Å². The monoisotopic (exact) mass is 272 g/mol. The molecule has 1 fully saturated rings. The van der Waals surface area contributed by atoms with Gasteiger partial charge >= 0.3 is 0 Å². The molecule has 0 radical (unpaired) electrons. The zero-order valence-corrected chi connectivity index (χ0v) is 12.0. The highest BCUT2D eigenvalue weighted by Gasteiger charge is 2.36. The Morgan fingerprint density at radius 2 is 2.28 bits per heavy atom. The Hall–Kier alpha value is -0.580. The van der Waals surface area contributed by atoms with Gasteiger partial charge in [-0.05, 0) is 33.1 Å². The molecule has 102 valence electrons. The minimum atomic E-state index is -0.551. The van der Waals surface area contributed by atoms with E-state index in [4.69, 9.17) is 16.3 Å². The number of aliphatic hydroxyl groups is 1. The average Bonchev–Trinajstić information content (AvgIpc) is 2.57. The minimum Gasteiger partial charge on any atom is -0.390 e. The van der Waals surface area contributed by atoms with Crippen molar-refractivity contribution in [2.24, 2.45) is 7.05 Å². The summed E-state index contributed by atoms with van der Waals surface area (Å²) in [6.07, 6.45) is 3.00. The Kier molecular flexibility index (Phi) is 3.99. The lowest BCUT2D eigenvalue weighted by molar-refractivity contribution is -0.135. The van der Waals surface area contributed by atoms with Crippen LogP contribution in [0.1, 0.15) is 37.6 Å². The zero-order chi connectivity index (χ0) is 13.3. The molecule has 5 heteroatoms. The molecule has 0 aromatic carbocycles. The molecule has 1 aliphatic rings. The third kappa shape index (κ3) is 2.56. The number of aliphatic hydroxyl groups excluding tert-OH is 1. The smallest absolute Gasteiger partial charge is 0.0916 e. The minimum absolute atomic E-state index is 0.459. The molecule has 2 heterocycles. The lowest BCUT2D eigenvalue weighted by Gasteiger charge is -2.38. The van der Waals surface area contributed by atoms with Crippen LogP contribution in [0.4, 0.5) is 0 Å². The van der Waals surface area contributed by atoms with E-state index in [0.717, 1.165) is 37.3 Å². The number of halogens is 1. The van der Waals surface area contributed by atoms with Crippen molar-refractivity contribution in [3.8, 4) is 0 Å². The van der Waals surface area contributed by atoms with Gasteiger partial charge in [0, 0.05) is 20.1 Å². The van der Waals surface area contributed by atoms with E-state index >= 15 is 0 Å². The molecule has 18 heavy (non-hydrogen) atoms. The van der Waals surface area contributed by atoms with E-state index in [0.29, 0.717) is 11.4 Å². The summed E-state index contributed by atoms with van der Waals surface area (Å²) >= 11 is 6.21. The van der Waals surface area contributed by atoms with E-state index in [-0.39, 0.29) is 0 Å². The number of hydrogen-bond donors (Lipinski definition) is 1. The van der Waals surface area contributed by atoms with Crippen LogP contribution in [0.5, 0.6) is 0 Å². The first-order chi connectivity index (χ1) is 8.44. The molecule has 1 aromatic rings. The Bertz CT molecular complexity index is 425. The molecule has 2 atom stereocenters. The third-order valence-electron chi connectivity index (χ3n) is 3.85. The molecule has 4 nitrogen and oxygen atoms in total. The SMILES string of the molecule is Cc1nn(C)c(CC(O)C2(C)CCCCO2)c1Cl. The molecule has 0 spiro atoms. The number of aryl methyl sites for hydroxylation is 2. The Balaban J connectivity index is 2.13. The van der Waals surface area contributed by atoms with Gasteiger partial charge in [-0.2, -0.15) is 5.10 Å². The lowest BCUT2D eigenvalue weighted by atomic mass is 9.88. The Labute approximate surface area is 113 Å². The second-order valence-electron chi connectivity index (χ2n) is 5.31. The van der Waals surface area contributed by atoms with Crippen LogP contribution in [0.25, 0.3) is 0 Å². The summed E-state index contributed by atoms with van der Waals surface area (Å²) in [5, 5.41) is 15.3. The van der Waals surface area contributed by atoms with Gasteiger partial charge < -0.3 is 9.84 Å². The lowest BCUT2D eigenvalue weighted by Crippen LogP contribution is -2.45. The molecule has 0 saturated carbocycles. The van der Waals surface area contributed by atoms with Gasteiger partial charge in [0.1, 0.15) is 0 Å². The predicted molar refractivity (Wildman–Crippen MR) is 70.9 cm³/mol. The summed E-state index contributed by atoms with van der Waals surface area (Å²) in [7, 11) is 1.85. The molecule has 0 bridgehead atoms. The van der Waals surface area contributed by atoms with Gasteiger partial charge in [0.15, 0.2) is 0 Å². The molecule has 1 aromatic heterocycles. The van der Waals surface area contributed by atoms with Gasteiger partial charge in [-0.25, -0.2) is 0 Å². The van der Waals surface area contributed by atoms with E-state index in [1.54, 1.807) is 4.68 Å². The first-order valence-electron chi connectivity index (χ1n) is 6.44. The molecule has 1 N–H and O–H groups in total. The van der Waals surface area contributed by atoms with Crippen molar-refractivity contribution in [1.82, 2.24) is 9.78 Å². The van der Waals surface area contributed by atoms with E-state index in [1.165, 1.54) is 0 Å². The number of rotatable bonds is 3. The first kappa shape index (κ1) is 13.8. The van der Waals surface area contributed by atoms with E-state index in [1.807, 2.05) is 20.9 Å². The average molecular weight is 273 g/mol. The van der Waals surface area contributed by atoms with Crippen molar-refractivity contribution < 1.29 is 9.84 Å². The maximum absolute atomic E-state index is 10.4. The van der Waals surface area contributed by atoms with Crippen molar-refractivity contribution in [1.29, 1.82) is 0 Å². The first-order valence-corrected chi connectivity index (χ1v) is 6.82. The summed E-state index contributed by atoms with van der Waals surface area (Å²) in [5.74, 6) is 0. The van der Waals surface area contributed by atoms with Crippen LogP contribution in [0.15, 0.2) is 0 Å². The fourth-order valence-corrected chi connectivity index (χ4v) is 2.76. The number of hydrogen-bond acceptors (Lipinski definition) is 3. The zero-order valence-electron chi connectivity index (χ0n) is 11.2. The maximum Gasteiger partial charge on any atom is 0.0916 e. The van der Waals surface area contributed by atoms with Crippen molar-refractivity contribution in [2.75, 3.05) is 6.61 Å². The second kappa shape index (κ2) is 5.19. The van der Waals surface area contributed by atoms with Crippen molar-refractivity contribution in [3.05, 3.63) is 16.4 Å². The van der Waals surface area contributed by atoms with Crippen LogP contribution in [0.3, 0.4) is 0 Å². The summed E-state index contributed by atoms with van der Waals surface area (Å²) in [6, 6.07) is 0. The van der Waals surface area contributed by atoms with Crippen LogP contribution in [-0.4, -0.2) is 33.2 Å². The molecule has 1 aliphatic heterocycles. The fourth-order valence-electron chi connectivity index (χ4n) is 2.52. The molecule has 0 aliphatic carbocycles. The van der Waals surface area contributed by atoms with Crippen molar-refractivity contribution >= 4 is 11.6 Å². The van der Waals surface area contributed by atoms with E-state index in [9.17, 15) is 5.11 Å². The van der Waals surface area contributed by atoms with Crippen molar-refractivity contribution in [3.63, 3.8) is 0 Å². The molecular formula is C13H21ClN2O2. The van der Waals surface area contributed by atoms with Crippen LogP contribution < -0.4 is 0 Å². The molecule has 2 rings (SSSR count). The Morgan fingerprint density at radius 1 is 1.56 bits per heavy atom. The van der Waals surface area contributed by atoms with Crippen LogP contribution in [0, 0.1) is 6.92 Å². The highest BCUT2D eigenvalue weighted by molar-refractivity contribution is 6.31.